The molecule has 1 aromatic rings. The number of nitrogens with two attached hydrogens (primary N) is 2. The van der Waals surface area contributed by atoms with Crippen molar-refractivity contribution in [3.63, 3.8) is 0 Å². The molecule has 0 bridgehead atoms. The number of hydrogen-bond acceptors (Lipinski definition) is 2. The summed E-state index contributed by atoms with van der Waals surface area (Å²) in [6.45, 7) is 7.39. The molecule has 0 saturated heterocycles. The quantitative estimate of drug-likeness (QED) is 0.718. The number of hydrogen-bond donors (Lipinski definition) is 2. The van der Waals surface area contributed by atoms with Gasteiger partial charge in [0.15, 0.2) is 0 Å². The molecule has 0 spiro atoms. The molecule has 0 aliphatic heterocycles. The Morgan fingerprint density at radius 1 is 1.00 bits per heavy atom. The van der Waals surface area contributed by atoms with Gasteiger partial charge in [-0.2, -0.15) is 0 Å². The summed E-state index contributed by atoms with van der Waals surface area (Å²) >= 11 is 0. The molecule has 0 aliphatic carbocycles. The van der Waals surface area contributed by atoms with Crippen molar-refractivity contribution >= 4 is 0 Å². The van der Waals surface area contributed by atoms with Crippen LogP contribution < -0.4 is 11.5 Å². The zero-order chi connectivity index (χ0) is 12.0. The summed E-state index contributed by atoms with van der Waals surface area (Å²) in [5.41, 5.74) is 14.2. The van der Waals surface area contributed by atoms with Crippen molar-refractivity contribution in [3.05, 3.63) is 60.7 Å². The normalized spacial score (nSPS) is 14.1. The van der Waals surface area contributed by atoms with Gasteiger partial charge in [-0.1, -0.05) is 36.4 Å². The van der Waals surface area contributed by atoms with Gasteiger partial charge in [-0.25, -0.2) is 0 Å². The van der Waals surface area contributed by atoms with E-state index in [1.165, 1.54) is 0 Å². The Morgan fingerprint density at radius 2 is 1.44 bits per heavy atom. The van der Waals surface area contributed by atoms with E-state index in [-0.39, 0.29) is 12.1 Å². The molecule has 0 unspecified atom stereocenters. The van der Waals surface area contributed by atoms with Gasteiger partial charge in [0.25, 0.3) is 0 Å². The van der Waals surface area contributed by atoms with Crippen molar-refractivity contribution in [2.45, 2.75) is 24.9 Å². The largest absolute Gasteiger partial charge is 0.324 e. The van der Waals surface area contributed by atoms with Crippen LogP contribution in [0.25, 0.3) is 0 Å². The zero-order valence-corrected chi connectivity index (χ0v) is 9.60. The molecule has 16 heavy (non-hydrogen) atoms. The van der Waals surface area contributed by atoms with E-state index >= 15 is 0 Å². The third-order valence-electron chi connectivity index (χ3n) is 2.61. The molecule has 1 rings (SSSR count). The Balaban J connectivity index is 2.85. The Bertz CT molecular complexity index is 326. The molecule has 4 N–H and O–H groups in total. The lowest BCUT2D eigenvalue weighted by Crippen LogP contribution is -2.12. The fourth-order valence-corrected chi connectivity index (χ4v) is 1.65. The molecule has 1 aromatic carbocycles. The summed E-state index contributed by atoms with van der Waals surface area (Å²) in [6, 6.07) is 8.14. The first-order chi connectivity index (χ1) is 7.69. The van der Waals surface area contributed by atoms with Crippen molar-refractivity contribution < 1.29 is 0 Å². The summed E-state index contributed by atoms with van der Waals surface area (Å²) in [6.07, 6.45) is 5.22. The summed E-state index contributed by atoms with van der Waals surface area (Å²) in [5.74, 6) is 0. The van der Waals surface area contributed by atoms with E-state index in [0.29, 0.717) is 0 Å². The summed E-state index contributed by atoms with van der Waals surface area (Å²) in [4.78, 5) is 0. The first-order valence-corrected chi connectivity index (χ1v) is 5.51. The molecular weight excluding hydrogens is 196 g/mol. The highest BCUT2D eigenvalue weighted by molar-refractivity contribution is 5.28. The van der Waals surface area contributed by atoms with Crippen LogP contribution in [0.4, 0.5) is 0 Å². The molecule has 86 valence electrons. The minimum absolute atomic E-state index is 0.00776. The Kier molecular flexibility index (Phi) is 4.96. The van der Waals surface area contributed by atoms with E-state index < -0.39 is 0 Å². The van der Waals surface area contributed by atoms with Crippen LogP contribution in [-0.2, 0) is 0 Å². The lowest BCUT2D eigenvalue weighted by atomic mass is 9.98. The smallest absolute Gasteiger partial charge is 0.0329 e. The summed E-state index contributed by atoms with van der Waals surface area (Å²) in [5, 5.41) is 0. The van der Waals surface area contributed by atoms with Crippen LogP contribution in [0.3, 0.4) is 0 Å². The highest BCUT2D eigenvalue weighted by Crippen LogP contribution is 2.20. The average molecular weight is 216 g/mol. The predicted molar refractivity (Wildman–Crippen MR) is 69.9 cm³/mol. The van der Waals surface area contributed by atoms with Crippen LogP contribution >= 0.6 is 0 Å². The van der Waals surface area contributed by atoms with Crippen molar-refractivity contribution in [2.24, 2.45) is 11.5 Å². The summed E-state index contributed by atoms with van der Waals surface area (Å²) < 4.78 is 0. The number of rotatable bonds is 6. The van der Waals surface area contributed by atoms with Crippen molar-refractivity contribution in [1.29, 1.82) is 0 Å². The molecule has 0 aromatic heterocycles. The van der Waals surface area contributed by atoms with E-state index in [1.54, 1.807) is 0 Å². The molecule has 0 amide bonds. The first-order valence-electron chi connectivity index (χ1n) is 5.51. The van der Waals surface area contributed by atoms with Crippen LogP contribution in [0.2, 0.25) is 0 Å². The van der Waals surface area contributed by atoms with Gasteiger partial charge >= 0.3 is 0 Å². The Labute approximate surface area is 97.7 Å². The van der Waals surface area contributed by atoms with Gasteiger partial charge in [-0.3, -0.25) is 0 Å². The molecule has 0 aliphatic rings. The molecule has 2 atom stereocenters. The highest BCUT2D eigenvalue weighted by atomic mass is 14.6. The fourth-order valence-electron chi connectivity index (χ4n) is 1.65. The minimum atomic E-state index is 0.00776. The van der Waals surface area contributed by atoms with Crippen molar-refractivity contribution in [1.82, 2.24) is 0 Å². The summed E-state index contributed by atoms with van der Waals surface area (Å²) in [7, 11) is 0. The van der Waals surface area contributed by atoms with Crippen molar-refractivity contribution in [3.8, 4) is 0 Å². The third kappa shape index (κ3) is 3.33. The predicted octanol–water partition coefficient (Wildman–Crippen LogP) is 2.84. The lowest BCUT2D eigenvalue weighted by molar-refractivity contribution is 0.717. The molecule has 2 nitrogen and oxygen atoms in total. The standard InChI is InChI=1S/C14H20N2/c1-3-6-13(15)11-8-5-9-12(10-11)14(16)7-4-2/h3-5,8-10,13-14H,1-2,6-7,15-16H2/t13-,14-/m0/s1. The van der Waals surface area contributed by atoms with Crippen LogP contribution in [0, 0.1) is 0 Å². The van der Waals surface area contributed by atoms with Gasteiger partial charge in [-0.15, -0.1) is 13.2 Å². The van der Waals surface area contributed by atoms with Gasteiger partial charge < -0.3 is 11.5 Å². The second kappa shape index (κ2) is 6.26. The molecule has 0 saturated carbocycles. The average Bonchev–Trinajstić information content (AvgIpc) is 2.30. The maximum Gasteiger partial charge on any atom is 0.0329 e. The van der Waals surface area contributed by atoms with E-state index in [1.807, 2.05) is 30.4 Å². The van der Waals surface area contributed by atoms with Crippen molar-refractivity contribution in [2.75, 3.05) is 0 Å². The van der Waals surface area contributed by atoms with Gasteiger partial charge in [-0.05, 0) is 24.0 Å². The van der Waals surface area contributed by atoms with Crippen LogP contribution in [0.1, 0.15) is 36.1 Å². The van der Waals surface area contributed by atoms with E-state index in [0.717, 1.165) is 24.0 Å². The molecular formula is C14H20N2. The van der Waals surface area contributed by atoms with Crippen LogP contribution in [0.15, 0.2) is 49.6 Å². The zero-order valence-electron chi connectivity index (χ0n) is 9.60. The highest BCUT2D eigenvalue weighted by Gasteiger charge is 2.08. The molecule has 2 heteroatoms. The Hall–Kier alpha value is -1.38. The minimum Gasteiger partial charge on any atom is -0.324 e. The topological polar surface area (TPSA) is 52.0 Å². The number of benzene rings is 1. The molecule has 0 radical (unpaired) electrons. The molecule has 0 fully saturated rings. The first kappa shape index (κ1) is 12.7. The van der Waals surface area contributed by atoms with E-state index in [9.17, 15) is 0 Å². The van der Waals surface area contributed by atoms with E-state index in [4.69, 9.17) is 11.5 Å². The monoisotopic (exact) mass is 216 g/mol. The maximum atomic E-state index is 6.02. The van der Waals surface area contributed by atoms with Gasteiger partial charge in [0.2, 0.25) is 0 Å². The van der Waals surface area contributed by atoms with Crippen LogP contribution in [-0.4, -0.2) is 0 Å². The Morgan fingerprint density at radius 3 is 1.81 bits per heavy atom. The second-order valence-corrected chi connectivity index (χ2v) is 3.93. The third-order valence-corrected chi connectivity index (χ3v) is 2.61. The lowest BCUT2D eigenvalue weighted by Gasteiger charge is -2.14. The maximum absolute atomic E-state index is 6.02. The second-order valence-electron chi connectivity index (χ2n) is 3.93. The van der Waals surface area contributed by atoms with Gasteiger partial charge in [0, 0.05) is 12.1 Å². The molecule has 0 heterocycles. The van der Waals surface area contributed by atoms with Gasteiger partial charge in [0.1, 0.15) is 0 Å². The fraction of sp³-hybridized carbons (Fsp3) is 0.286. The van der Waals surface area contributed by atoms with E-state index in [2.05, 4.69) is 19.2 Å². The van der Waals surface area contributed by atoms with Gasteiger partial charge in [0.05, 0.1) is 0 Å². The SMILES string of the molecule is C=CC[C@H](N)c1cccc([C@@H](N)CC=C)c1. The van der Waals surface area contributed by atoms with Crippen LogP contribution in [0.5, 0.6) is 0 Å².